The van der Waals surface area contributed by atoms with Crippen molar-refractivity contribution in [1.29, 1.82) is 5.41 Å². The molecule has 0 aliphatic rings. The second-order valence-corrected chi connectivity index (χ2v) is 2.80. The van der Waals surface area contributed by atoms with Crippen molar-refractivity contribution in [1.82, 2.24) is 0 Å². The summed E-state index contributed by atoms with van der Waals surface area (Å²) in [6, 6.07) is 4.13. The minimum absolute atomic E-state index is 0. The predicted molar refractivity (Wildman–Crippen MR) is 57.1 cm³/mol. The van der Waals surface area contributed by atoms with Gasteiger partial charge < -0.3 is 4.74 Å². The Hall–Kier alpha value is -0.800. The molecule has 5 heteroatoms. The van der Waals surface area contributed by atoms with E-state index in [1.54, 1.807) is 13.0 Å². The van der Waals surface area contributed by atoms with Crippen molar-refractivity contribution in [3.63, 3.8) is 0 Å². The minimum Gasteiger partial charge on any atom is -0.478 e. The second kappa shape index (κ2) is 5.83. The zero-order valence-corrected chi connectivity index (χ0v) is 9.08. The van der Waals surface area contributed by atoms with Gasteiger partial charge in [-0.1, -0.05) is 11.6 Å². The van der Waals surface area contributed by atoms with Gasteiger partial charge in [0.2, 0.25) is 5.90 Å². The number of rotatable bonds is 2. The highest BCUT2D eigenvalue weighted by Gasteiger charge is 2.05. The van der Waals surface area contributed by atoms with Gasteiger partial charge in [-0.3, -0.25) is 5.41 Å². The molecule has 0 saturated heterocycles. The molecule has 0 bridgehead atoms. The van der Waals surface area contributed by atoms with Gasteiger partial charge >= 0.3 is 0 Å². The van der Waals surface area contributed by atoms with Crippen molar-refractivity contribution in [3.8, 4) is 0 Å². The zero-order valence-electron chi connectivity index (χ0n) is 7.51. The Balaban J connectivity index is 0.00000169. The Morgan fingerprint density at radius 3 is 2.71 bits per heavy atom. The molecular weight excluding hydrogens is 228 g/mol. The van der Waals surface area contributed by atoms with Gasteiger partial charge in [-0.05, 0) is 25.1 Å². The number of hydrogen-bond donors (Lipinski definition) is 1. The quantitative estimate of drug-likeness (QED) is 0.622. The van der Waals surface area contributed by atoms with Crippen LogP contribution in [-0.2, 0) is 4.74 Å². The highest BCUT2D eigenvalue weighted by molar-refractivity contribution is 6.30. The van der Waals surface area contributed by atoms with Crippen molar-refractivity contribution in [2.75, 3.05) is 6.61 Å². The Morgan fingerprint density at radius 2 is 2.21 bits per heavy atom. The molecule has 78 valence electrons. The topological polar surface area (TPSA) is 33.1 Å². The first-order chi connectivity index (χ1) is 6.15. The van der Waals surface area contributed by atoms with Crippen LogP contribution in [-0.4, -0.2) is 12.5 Å². The van der Waals surface area contributed by atoms with Crippen molar-refractivity contribution in [2.24, 2.45) is 0 Å². The second-order valence-electron chi connectivity index (χ2n) is 2.39. The average molecular weight is 238 g/mol. The molecule has 0 saturated carbocycles. The third-order valence-corrected chi connectivity index (χ3v) is 1.78. The largest absolute Gasteiger partial charge is 0.478 e. The summed E-state index contributed by atoms with van der Waals surface area (Å²) in [5.74, 6) is -0.582. The molecule has 0 aromatic heterocycles. The van der Waals surface area contributed by atoms with Crippen LogP contribution in [0, 0.1) is 11.2 Å². The highest BCUT2D eigenvalue weighted by Crippen LogP contribution is 2.15. The molecule has 0 atom stereocenters. The number of ether oxygens (including phenoxy) is 1. The van der Waals surface area contributed by atoms with Crippen LogP contribution in [0.1, 0.15) is 12.5 Å². The minimum atomic E-state index is -0.538. The molecule has 0 spiro atoms. The smallest absolute Gasteiger partial charge is 0.213 e. The van der Waals surface area contributed by atoms with Gasteiger partial charge in [0.15, 0.2) is 0 Å². The molecule has 1 rings (SSSR count). The van der Waals surface area contributed by atoms with Gasteiger partial charge in [0, 0.05) is 5.56 Å². The summed E-state index contributed by atoms with van der Waals surface area (Å²) >= 11 is 5.48. The lowest BCUT2D eigenvalue weighted by atomic mass is 10.2. The average Bonchev–Trinajstić information content (AvgIpc) is 2.10. The number of halogens is 3. The van der Waals surface area contributed by atoms with E-state index in [1.807, 2.05) is 0 Å². The van der Waals surface area contributed by atoms with E-state index in [0.717, 1.165) is 0 Å². The fraction of sp³-hybridized carbons (Fsp3) is 0.222. The van der Waals surface area contributed by atoms with Crippen molar-refractivity contribution >= 4 is 29.9 Å². The molecule has 1 N–H and O–H groups in total. The maximum atomic E-state index is 12.9. The zero-order chi connectivity index (χ0) is 9.84. The first-order valence-electron chi connectivity index (χ1n) is 3.82. The van der Waals surface area contributed by atoms with Crippen LogP contribution in [0.3, 0.4) is 0 Å². The first-order valence-corrected chi connectivity index (χ1v) is 4.19. The van der Waals surface area contributed by atoms with E-state index < -0.39 is 5.82 Å². The van der Waals surface area contributed by atoms with Gasteiger partial charge in [0.05, 0.1) is 11.6 Å². The SMILES string of the molecule is CCOC(=N)c1ccc(Cl)c(F)c1.Cl. The molecule has 14 heavy (non-hydrogen) atoms. The fourth-order valence-corrected chi connectivity index (χ4v) is 0.983. The highest BCUT2D eigenvalue weighted by atomic mass is 35.5. The van der Waals surface area contributed by atoms with E-state index in [-0.39, 0.29) is 23.3 Å². The van der Waals surface area contributed by atoms with Crippen LogP contribution < -0.4 is 0 Å². The first kappa shape index (κ1) is 13.2. The Labute approximate surface area is 92.9 Å². The summed E-state index contributed by atoms with van der Waals surface area (Å²) < 4.78 is 17.8. The van der Waals surface area contributed by atoms with Crippen molar-refractivity contribution in [2.45, 2.75) is 6.92 Å². The van der Waals surface area contributed by atoms with Gasteiger partial charge in [-0.15, -0.1) is 12.4 Å². The maximum absolute atomic E-state index is 12.9. The number of nitrogens with one attached hydrogen (secondary N) is 1. The lowest BCUT2D eigenvalue weighted by Gasteiger charge is -2.04. The van der Waals surface area contributed by atoms with E-state index in [0.29, 0.717) is 12.2 Å². The van der Waals surface area contributed by atoms with Crippen LogP contribution in [0.15, 0.2) is 18.2 Å². The molecule has 0 aliphatic carbocycles. The molecule has 2 nitrogen and oxygen atoms in total. The van der Waals surface area contributed by atoms with Crippen molar-refractivity contribution in [3.05, 3.63) is 34.6 Å². The summed E-state index contributed by atoms with van der Waals surface area (Å²) in [6.07, 6.45) is 0. The fourth-order valence-electron chi connectivity index (χ4n) is 0.865. The molecule has 1 aromatic rings. The lowest BCUT2D eigenvalue weighted by molar-refractivity contribution is 0.325. The molecule has 0 radical (unpaired) electrons. The summed E-state index contributed by atoms with van der Waals surface area (Å²) in [5.41, 5.74) is 0.392. The lowest BCUT2D eigenvalue weighted by Crippen LogP contribution is -2.04. The molecule has 0 heterocycles. The monoisotopic (exact) mass is 237 g/mol. The van der Waals surface area contributed by atoms with Gasteiger partial charge in [-0.2, -0.15) is 0 Å². The molecule has 0 unspecified atom stereocenters. The predicted octanol–water partition coefficient (Wildman–Crippen LogP) is 3.26. The van der Waals surface area contributed by atoms with Crippen LogP contribution in [0.4, 0.5) is 4.39 Å². The molecule has 0 aliphatic heterocycles. The molecule has 1 aromatic carbocycles. The number of hydrogen-bond acceptors (Lipinski definition) is 2. The van der Waals surface area contributed by atoms with Crippen LogP contribution >= 0.6 is 24.0 Å². The Morgan fingerprint density at radius 1 is 1.57 bits per heavy atom. The third-order valence-electron chi connectivity index (χ3n) is 1.47. The van der Waals surface area contributed by atoms with E-state index >= 15 is 0 Å². The number of benzene rings is 1. The van der Waals surface area contributed by atoms with Gasteiger partial charge in [0.1, 0.15) is 5.82 Å². The standard InChI is InChI=1S/C9H9ClFNO.ClH/c1-2-13-9(12)6-3-4-7(10)8(11)5-6;/h3-5,12H,2H2,1H3;1H. The van der Waals surface area contributed by atoms with E-state index in [9.17, 15) is 4.39 Å². The molecule has 0 fully saturated rings. The van der Waals surface area contributed by atoms with Gasteiger partial charge in [-0.25, -0.2) is 4.39 Å². The van der Waals surface area contributed by atoms with E-state index in [2.05, 4.69) is 0 Å². The summed E-state index contributed by atoms with van der Waals surface area (Å²) in [6.45, 7) is 2.16. The van der Waals surface area contributed by atoms with E-state index in [4.69, 9.17) is 21.7 Å². The summed E-state index contributed by atoms with van der Waals surface area (Å²) in [7, 11) is 0. The Kier molecular flexibility index (Phi) is 5.50. The third kappa shape index (κ3) is 3.16. The van der Waals surface area contributed by atoms with Crippen LogP contribution in [0.5, 0.6) is 0 Å². The van der Waals surface area contributed by atoms with E-state index in [1.165, 1.54) is 12.1 Å². The van der Waals surface area contributed by atoms with Gasteiger partial charge in [0.25, 0.3) is 0 Å². The Bertz CT molecular complexity index is 331. The van der Waals surface area contributed by atoms with Crippen LogP contribution in [0.25, 0.3) is 0 Å². The maximum Gasteiger partial charge on any atom is 0.213 e. The van der Waals surface area contributed by atoms with Crippen LogP contribution in [0.2, 0.25) is 5.02 Å². The molecule has 0 amide bonds. The van der Waals surface area contributed by atoms with Crippen molar-refractivity contribution < 1.29 is 9.13 Å². The molecular formula is C9H10Cl2FNO. The normalized spacial score (nSPS) is 9.07. The summed E-state index contributed by atoms with van der Waals surface area (Å²) in [5, 5.41) is 7.41. The summed E-state index contributed by atoms with van der Waals surface area (Å²) in [4.78, 5) is 0.